The summed E-state index contributed by atoms with van der Waals surface area (Å²) in [6.07, 6.45) is 1.40. The van der Waals surface area contributed by atoms with E-state index >= 15 is 0 Å². The molecule has 6 heteroatoms. The Bertz CT molecular complexity index is 404. The van der Waals surface area contributed by atoms with E-state index in [1.54, 1.807) is 13.0 Å². The monoisotopic (exact) mass is 269 g/mol. The van der Waals surface area contributed by atoms with Gasteiger partial charge in [-0.1, -0.05) is 0 Å². The molecule has 0 atom stereocenters. The molecule has 0 saturated carbocycles. The standard InChI is InChI=1S/C6H5BrClNO2S/c1-4-2-3-9-6(5(4)7)12(8,10)11/h2-3H,1H3. The molecule has 1 rings (SSSR count). The second-order valence-electron chi connectivity index (χ2n) is 2.18. The number of hydrogen-bond donors (Lipinski definition) is 0. The van der Waals surface area contributed by atoms with Gasteiger partial charge in [0.1, 0.15) is 0 Å². The summed E-state index contributed by atoms with van der Waals surface area (Å²) in [6, 6.07) is 1.69. The number of pyridine rings is 1. The van der Waals surface area contributed by atoms with Crippen molar-refractivity contribution in [3.63, 3.8) is 0 Å². The molecule has 0 amide bonds. The van der Waals surface area contributed by atoms with Crippen molar-refractivity contribution in [3.8, 4) is 0 Å². The van der Waals surface area contributed by atoms with E-state index in [0.29, 0.717) is 4.47 Å². The Morgan fingerprint density at radius 1 is 1.58 bits per heavy atom. The van der Waals surface area contributed by atoms with Crippen molar-refractivity contribution in [2.45, 2.75) is 11.9 Å². The van der Waals surface area contributed by atoms with Crippen LogP contribution in [0, 0.1) is 6.92 Å². The molecule has 0 fully saturated rings. The van der Waals surface area contributed by atoms with Gasteiger partial charge < -0.3 is 0 Å². The maximum absolute atomic E-state index is 10.9. The molecule has 12 heavy (non-hydrogen) atoms. The first kappa shape index (κ1) is 9.95. The SMILES string of the molecule is Cc1ccnc(S(=O)(=O)Cl)c1Br. The van der Waals surface area contributed by atoms with Crippen LogP contribution in [-0.4, -0.2) is 13.4 Å². The molecular formula is C6H5BrClNO2S. The number of hydrogen-bond acceptors (Lipinski definition) is 3. The summed E-state index contributed by atoms with van der Waals surface area (Å²) in [5.41, 5.74) is 0.782. The van der Waals surface area contributed by atoms with Crippen molar-refractivity contribution in [3.05, 3.63) is 22.3 Å². The summed E-state index contributed by atoms with van der Waals surface area (Å²) in [7, 11) is 1.37. The van der Waals surface area contributed by atoms with Crippen LogP contribution in [0.15, 0.2) is 21.8 Å². The van der Waals surface area contributed by atoms with Crippen molar-refractivity contribution in [2.24, 2.45) is 0 Å². The van der Waals surface area contributed by atoms with E-state index in [4.69, 9.17) is 10.7 Å². The van der Waals surface area contributed by atoms with E-state index in [1.165, 1.54) is 6.20 Å². The van der Waals surface area contributed by atoms with Crippen LogP contribution in [0.1, 0.15) is 5.56 Å². The van der Waals surface area contributed by atoms with Gasteiger partial charge in [-0.2, -0.15) is 0 Å². The van der Waals surface area contributed by atoms with Crippen molar-refractivity contribution >= 4 is 35.7 Å². The van der Waals surface area contributed by atoms with Crippen molar-refractivity contribution in [1.29, 1.82) is 0 Å². The third-order valence-electron chi connectivity index (χ3n) is 1.28. The lowest BCUT2D eigenvalue weighted by atomic mass is 10.3. The molecule has 0 saturated heterocycles. The lowest BCUT2D eigenvalue weighted by Gasteiger charge is -2.00. The van der Waals surface area contributed by atoms with Crippen LogP contribution in [0.4, 0.5) is 0 Å². The molecule has 0 aliphatic carbocycles. The minimum atomic E-state index is -3.74. The zero-order valence-corrected chi connectivity index (χ0v) is 9.24. The third kappa shape index (κ3) is 1.97. The first-order valence-electron chi connectivity index (χ1n) is 2.98. The highest BCUT2D eigenvalue weighted by molar-refractivity contribution is 9.10. The van der Waals surface area contributed by atoms with Crippen LogP contribution in [0.25, 0.3) is 0 Å². The molecular weight excluding hydrogens is 265 g/mol. The summed E-state index contributed by atoms with van der Waals surface area (Å²) in [4.78, 5) is 3.64. The lowest BCUT2D eigenvalue weighted by molar-refractivity contribution is 0.605. The Kier molecular flexibility index (Phi) is 2.75. The van der Waals surface area contributed by atoms with E-state index in [0.717, 1.165) is 5.56 Å². The molecule has 1 heterocycles. The molecule has 1 aromatic rings. The predicted octanol–water partition coefficient (Wildman–Crippen LogP) is 2.08. The quantitative estimate of drug-likeness (QED) is 0.734. The number of halogens is 2. The average molecular weight is 271 g/mol. The smallest absolute Gasteiger partial charge is 0.243 e. The summed E-state index contributed by atoms with van der Waals surface area (Å²) < 4.78 is 22.2. The van der Waals surface area contributed by atoms with E-state index in [1.807, 2.05) is 0 Å². The lowest BCUT2D eigenvalue weighted by Crippen LogP contribution is -1.97. The van der Waals surface area contributed by atoms with Crippen LogP contribution in [0.3, 0.4) is 0 Å². The number of rotatable bonds is 1. The van der Waals surface area contributed by atoms with Crippen LogP contribution in [0.2, 0.25) is 0 Å². The fourth-order valence-corrected chi connectivity index (χ4v) is 2.75. The van der Waals surface area contributed by atoms with Crippen LogP contribution < -0.4 is 0 Å². The fraction of sp³-hybridized carbons (Fsp3) is 0.167. The van der Waals surface area contributed by atoms with Gasteiger partial charge in [0.25, 0.3) is 9.05 Å². The van der Waals surface area contributed by atoms with Crippen molar-refractivity contribution in [2.75, 3.05) is 0 Å². The number of aryl methyl sites for hydroxylation is 1. The highest BCUT2D eigenvalue weighted by Gasteiger charge is 2.16. The van der Waals surface area contributed by atoms with Gasteiger partial charge in [0, 0.05) is 16.9 Å². The maximum atomic E-state index is 10.9. The van der Waals surface area contributed by atoms with Gasteiger partial charge in [0.2, 0.25) is 0 Å². The molecule has 0 aliphatic rings. The predicted molar refractivity (Wildman–Crippen MR) is 49.7 cm³/mol. The maximum Gasteiger partial charge on any atom is 0.279 e. The normalized spacial score (nSPS) is 11.6. The molecule has 0 bridgehead atoms. The zero-order valence-electron chi connectivity index (χ0n) is 6.08. The molecule has 66 valence electrons. The van der Waals surface area contributed by atoms with Crippen LogP contribution in [0.5, 0.6) is 0 Å². The van der Waals surface area contributed by atoms with Gasteiger partial charge in [-0.3, -0.25) is 0 Å². The molecule has 3 nitrogen and oxygen atoms in total. The fourth-order valence-electron chi connectivity index (χ4n) is 0.685. The van der Waals surface area contributed by atoms with Gasteiger partial charge in [0.15, 0.2) is 5.03 Å². The van der Waals surface area contributed by atoms with Crippen molar-refractivity contribution in [1.82, 2.24) is 4.98 Å². The van der Waals surface area contributed by atoms with Gasteiger partial charge in [-0.25, -0.2) is 13.4 Å². The summed E-state index contributed by atoms with van der Waals surface area (Å²) in [6.45, 7) is 1.76. The van der Waals surface area contributed by atoms with Gasteiger partial charge in [-0.15, -0.1) is 0 Å². The van der Waals surface area contributed by atoms with E-state index < -0.39 is 9.05 Å². The van der Waals surface area contributed by atoms with E-state index in [-0.39, 0.29) is 5.03 Å². The largest absolute Gasteiger partial charge is 0.279 e. The average Bonchev–Trinajstić information content (AvgIpc) is 1.92. The molecule has 0 unspecified atom stereocenters. The molecule has 0 aliphatic heterocycles. The molecule has 0 aromatic carbocycles. The van der Waals surface area contributed by atoms with E-state index in [9.17, 15) is 8.42 Å². The second kappa shape index (κ2) is 3.32. The van der Waals surface area contributed by atoms with E-state index in [2.05, 4.69) is 20.9 Å². The molecule has 1 aromatic heterocycles. The molecule has 0 N–H and O–H groups in total. The second-order valence-corrected chi connectivity index (χ2v) is 5.46. The zero-order chi connectivity index (χ0) is 9.35. The Morgan fingerprint density at radius 3 is 2.58 bits per heavy atom. The Morgan fingerprint density at radius 2 is 2.17 bits per heavy atom. The van der Waals surface area contributed by atoms with Crippen LogP contribution in [-0.2, 0) is 9.05 Å². The molecule has 0 radical (unpaired) electrons. The number of nitrogens with zero attached hydrogens (tertiary/aromatic N) is 1. The highest BCUT2D eigenvalue weighted by atomic mass is 79.9. The number of aromatic nitrogens is 1. The van der Waals surface area contributed by atoms with Gasteiger partial charge >= 0.3 is 0 Å². The topological polar surface area (TPSA) is 47.0 Å². The first-order chi connectivity index (χ1) is 5.43. The Hall–Kier alpha value is -0.130. The third-order valence-corrected chi connectivity index (χ3v) is 3.75. The molecule has 0 spiro atoms. The first-order valence-corrected chi connectivity index (χ1v) is 6.09. The summed E-state index contributed by atoms with van der Waals surface area (Å²) in [5, 5.41) is -0.135. The van der Waals surface area contributed by atoms with Gasteiger partial charge in [-0.05, 0) is 34.5 Å². The highest BCUT2D eigenvalue weighted by Crippen LogP contribution is 2.25. The minimum absolute atomic E-state index is 0.135. The minimum Gasteiger partial charge on any atom is -0.243 e. The summed E-state index contributed by atoms with van der Waals surface area (Å²) >= 11 is 3.09. The van der Waals surface area contributed by atoms with Gasteiger partial charge in [0.05, 0.1) is 4.47 Å². The van der Waals surface area contributed by atoms with Crippen LogP contribution >= 0.6 is 26.6 Å². The van der Waals surface area contributed by atoms with Crippen molar-refractivity contribution < 1.29 is 8.42 Å². The Balaban J connectivity index is 3.47. The Labute approximate surface area is 83.3 Å². The summed E-state index contributed by atoms with van der Waals surface area (Å²) in [5.74, 6) is 0.